The topological polar surface area (TPSA) is 39.2 Å². The number of rotatable bonds is 1. The molecule has 0 saturated carbocycles. The fourth-order valence-electron chi connectivity index (χ4n) is 0.329. The summed E-state index contributed by atoms with van der Waals surface area (Å²) in [6, 6.07) is 0. The second-order valence-electron chi connectivity index (χ2n) is 1.14. The van der Waals surface area contributed by atoms with E-state index in [9.17, 15) is 4.79 Å². The van der Waals surface area contributed by atoms with Gasteiger partial charge in [0, 0.05) is 27.5 Å². The molecule has 0 spiro atoms. The molecule has 0 aliphatic carbocycles. The van der Waals surface area contributed by atoms with E-state index >= 15 is 0 Å². The molecule has 1 rings (SSSR count). The normalized spacial score (nSPS) is 9.00. The standard InChI is InChI=1S/C4H2BrNO2S/c5-3(7)8-4-6-1-2-9-4/h1-2H. The fraction of sp³-hybridized carbons (Fsp3) is 0. The van der Waals surface area contributed by atoms with Crippen molar-refractivity contribution in [3.05, 3.63) is 11.6 Å². The van der Waals surface area contributed by atoms with E-state index in [4.69, 9.17) is 0 Å². The summed E-state index contributed by atoms with van der Waals surface area (Å²) in [5.41, 5.74) is 0. The highest BCUT2D eigenvalue weighted by Gasteiger charge is 1.98. The zero-order chi connectivity index (χ0) is 6.69. The summed E-state index contributed by atoms with van der Waals surface area (Å²) in [6.45, 7) is 0. The Morgan fingerprint density at radius 3 is 3.11 bits per heavy atom. The van der Waals surface area contributed by atoms with Crippen LogP contribution in [0.15, 0.2) is 11.6 Å². The van der Waals surface area contributed by atoms with Crippen LogP contribution in [0.1, 0.15) is 0 Å². The number of carbonyl (C=O) groups excluding carboxylic acids is 1. The molecule has 0 aliphatic rings. The number of aromatic nitrogens is 1. The van der Waals surface area contributed by atoms with Crippen LogP contribution in [0.4, 0.5) is 4.79 Å². The quantitative estimate of drug-likeness (QED) is 0.663. The molecule has 0 unspecified atom stereocenters. The molecule has 0 saturated heterocycles. The second-order valence-corrected chi connectivity index (χ2v) is 2.64. The fourth-order valence-corrected chi connectivity index (χ4v) is 1.07. The molecule has 0 aromatic carbocycles. The maximum Gasteiger partial charge on any atom is 0.381 e. The minimum atomic E-state index is -0.516. The Morgan fingerprint density at radius 1 is 1.89 bits per heavy atom. The van der Waals surface area contributed by atoms with Crippen LogP contribution in [-0.2, 0) is 0 Å². The third kappa shape index (κ3) is 2.11. The van der Waals surface area contributed by atoms with E-state index in [2.05, 4.69) is 25.7 Å². The number of hydrogen-bond donors (Lipinski definition) is 0. The van der Waals surface area contributed by atoms with Gasteiger partial charge in [-0.1, -0.05) is 11.3 Å². The number of hydrogen-bond acceptors (Lipinski definition) is 4. The summed E-state index contributed by atoms with van der Waals surface area (Å²) in [5.74, 6) is 0. The SMILES string of the molecule is O=C(Br)Oc1nccs1. The number of thiazole rings is 1. The summed E-state index contributed by atoms with van der Waals surface area (Å²) in [6.07, 6.45) is 1.57. The van der Waals surface area contributed by atoms with Gasteiger partial charge in [0.25, 0.3) is 5.19 Å². The van der Waals surface area contributed by atoms with Crippen molar-refractivity contribution >= 4 is 32.1 Å². The average Bonchev–Trinajstić information content (AvgIpc) is 2.15. The lowest BCUT2D eigenvalue weighted by molar-refractivity contribution is 0.228. The van der Waals surface area contributed by atoms with Crippen LogP contribution >= 0.6 is 27.3 Å². The third-order valence-corrected chi connectivity index (χ3v) is 1.39. The minimum absolute atomic E-state index is 0.358. The zero-order valence-electron chi connectivity index (χ0n) is 4.20. The second kappa shape index (κ2) is 2.93. The molecule has 3 nitrogen and oxygen atoms in total. The third-order valence-electron chi connectivity index (χ3n) is 0.577. The molecular weight excluding hydrogens is 206 g/mol. The van der Waals surface area contributed by atoms with E-state index in [1.165, 1.54) is 11.3 Å². The van der Waals surface area contributed by atoms with Gasteiger partial charge in [-0.2, -0.15) is 0 Å². The summed E-state index contributed by atoms with van der Waals surface area (Å²) in [4.78, 5) is 13.4. The number of carbonyl (C=O) groups is 1. The first kappa shape index (κ1) is 6.70. The van der Waals surface area contributed by atoms with Crippen LogP contribution in [0.3, 0.4) is 0 Å². The van der Waals surface area contributed by atoms with E-state index in [1.54, 1.807) is 11.6 Å². The van der Waals surface area contributed by atoms with Gasteiger partial charge in [0.05, 0.1) is 0 Å². The summed E-state index contributed by atoms with van der Waals surface area (Å²) in [5, 5.41) is 2.09. The highest BCUT2D eigenvalue weighted by Crippen LogP contribution is 2.14. The maximum absolute atomic E-state index is 10.2. The van der Waals surface area contributed by atoms with Gasteiger partial charge >= 0.3 is 4.88 Å². The Morgan fingerprint density at radius 2 is 2.67 bits per heavy atom. The predicted molar refractivity (Wildman–Crippen MR) is 37.1 cm³/mol. The highest BCUT2D eigenvalue weighted by atomic mass is 79.9. The maximum atomic E-state index is 10.2. The van der Waals surface area contributed by atoms with E-state index in [0.717, 1.165) is 0 Å². The van der Waals surface area contributed by atoms with Crippen molar-refractivity contribution in [2.24, 2.45) is 0 Å². The lowest BCUT2D eigenvalue weighted by Gasteiger charge is -1.88. The molecule has 9 heavy (non-hydrogen) atoms. The van der Waals surface area contributed by atoms with Gasteiger partial charge in [0.2, 0.25) is 0 Å². The van der Waals surface area contributed by atoms with E-state index < -0.39 is 4.88 Å². The molecule has 0 fully saturated rings. The van der Waals surface area contributed by atoms with Gasteiger partial charge < -0.3 is 4.74 Å². The van der Waals surface area contributed by atoms with Gasteiger partial charge in [-0.15, -0.1) is 0 Å². The number of halogens is 1. The van der Waals surface area contributed by atoms with Crippen molar-refractivity contribution in [2.75, 3.05) is 0 Å². The lowest BCUT2D eigenvalue weighted by Crippen LogP contribution is -1.93. The van der Waals surface area contributed by atoms with Gasteiger partial charge in [0.1, 0.15) is 0 Å². The van der Waals surface area contributed by atoms with Gasteiger partial charge in [0.15, 0.2) is 0 Å². The van der Waals surface area contributed by atoms with Crippen LogP contribution in [0, 0.1) is 0 Å². The van der Waals surface area contributed by atoms with Crippen molar-refractivity contribution in [1.82, 2.24) is 4.98 Å². The smallest absolute Gasteiger partial charge is 0.381 e. The van der Waals surface area contributed by atoms with Crippen molar-refractivity contribution in [3.8, 4) is 5.19 Å². The largest absolute Gasteiger partial charge is 0.389 e. The highest BCUT2D eigenvalue weighted by molar-refractivity contribution is 9.18. The molecule has 48 valence electrons. The Hall–Kier alpha value is -0.420. The Labute approximate surface area is 63.8 Å². The predicted octanol–water partition coefficient (Wildman–Crippen LogP) is 2.04. The molecular formula is C4H2BrNO2S. The zero-order valence-corrected chi connectivity index (χ0v) is 6.61. The van der Waals surface area contributed by atoms with Crippen LogP contribution in [0.5, 0.6) is 5.19 Å². The molecule has 0 aliphatic heterocycles. The Kier molecular flexibility index (Phi) is 2.18. The van der Waals surface area contributed by atoms with Crippen molar-refractivity contribution in [2.45, 2.75) is 0 Å². The molecule has 0 N–H and O–H groups in total. The van der Waals surface area contributed by atoms with Crippen molar-refractivity contribution < 1.29 is 9.53 Å². The molecule has 1 aromatic heterocycles. The molecule has 0 bridgehead atoms. The van der Waals surface area contributed by atoms with Crippen LogP contribution in [-0.4, -0.2) is 9.86 Å². The van der Waals surface area contributed by atoms with Gasteiger partial charge in [-0.25, -0.2) is 9.78 Å². The summed E-state index contributed by atoms with van der Waals surface area (Å²) >= 11 is 3.87. The Balaban J connectivity index is 2.58. The molecule has 1 aromatic rings. The molecule has 0 radical (unpaired) electrons. The van der Waals surface area contributed by atoms with E-state index in [1.807, 2.05) is 0 Å². The monoisotopic (exact) mass is 207 g/mol. The summed E-state index contributed by atoms with van der Waals surface area (Å²) < 4.78 is 4.54. The molecule has 5 heteroatoms. The molecule has 0 atom stereocenters. The summed E-state index contributed by atoms with van der Waals surface area (Å²) in [7, 11) is 0. The van der Waals surface area contributed by atoms with Crippen LogP contribution < -0.4 is 4.74 Å². The number of ether oxygens (including phenoxy) is 1. The van der Waals surface area contributed by atoms with Crippen LogP contribution in [0.2, 0.25) is 0 Å². The number of nitrogens with zero attached hydrogens (tertiary/aromatic N) is 1. The molecule has 0 amide bonds. The first-order chi connectivity index (χ1) is 4.29. The lowest BCUT2D eigenvalue weighted by atomic mass is 11.0. The molecule has 1 heterocycles. The van der Waals surface area contributed by atoms with Crippen molar-refractivity contribution in [1.29, 1.82) is 0 Å². The van der Waals surface area contributed by atoms with Crippen molar-refractivity contribution in [3.63, 3.8) is 0 Å². The van der Waals surface area contributed by atoms with E-state index in [0.29, 0.717) is 5.19 Å². The first-order valence-electron chi connectivity index (χ1n) is 2.06. The minimum Gasteiger partial charge on any atom is -0.389 e. The van der Waals surface area contributed by atoms with E-state index in [-0.39, 0.29) is 0 Å². The van der Waals surface area contributed by atoms with Gasteiger partial charge in [-0.05, 0) is 0 Å². The first-order valence-corrected chi connectivity index (χ1v) is 3.73. The van der Waals surface area contributed by atoms with Gasteiger partial charge in [-0.3, -0.25) is 0 Å². The Bertz CT molecular complexity index is 198. The van der Waals surface area contributed by atoms with Crippen LogP contribution in [0.25, 0.3) is 0 Å². The average molecular weight is 208 g/mol.